The zero-order valence-corrected chi connectivity index (χ0v) is 6.49. The molecule has 2 heteroatoms. The third-order valence-electron chi connectivity index (χ3n) is 2.16. The van der Waals surface area contributed by atoms with Crippen LogP contribution in [0.4, 0.5) is 0 Å². The summed E-state index contributed by atoms with van der Waals surface area (Å²) in [7, 11) is 2.00. The molecule has 0 amide bonds. The molecule has 1 saturated heterocycles. The van der Waals surface area contributed by atoms with Crippen molar-refractivity contribution < 1.29 is 0 Å². The van der Waals surface area contributed by atoms with Crippen LogP contribution in [0.2, 0.25) is 0 Å². The third-order valence-corrected chi connectivity index (χ3v) is 2.16. The molecule has 1 atom stereocenters. The van der Waals surface area contributed by atoms with Crippen molar-refractivity contribution in [1.29, 1.82) is 0 Å². The molecule has 9 heavy (non-hydrogen) atoms. The van der Waals surface area contributed by atoms with Crippen LogP contribution in [-0.2, 0) is 0 Å². The highest BCUT2D eigenvalue weighted by molar-refractivity contribution is 4.96. The number of nitrogens with one attached hydrogen (secondary N) is 2. The van der Waals surface area contributed by atoms with E-state index in [1.165, 1.54) is 6.54 Å². The van der Waals surface area contributed by atoms with E-state index in [2.05, 4.69) is 24.5 Å². The van der Waals surface area contributed by atoms with Crippen LogP contribution in [0.3, 0.4) is 0 Å². The van der Waals surface area contributed by atoms with Gasteiger partial charge in [0.1, 0.15) is 0 Å². The Kier molecular flexibility index (Phi) is 1.78. The van der Waals surface area contributed by atoms with Gasteiger partial charge in [-0.05, 0) is 12.5 Å². The molecule has 0 aliphatic carbocycles. The minimum atomic E-state index is 0.517. The summed E-state index contributed by atoms with van der Waals surface area (Å²) in [5.74, 6) is 0. The van der Waals surface area contributed by atoms with Gasteiger partial charge in [-0.1, -0.05) is 13.8 Å². The minimum absolute atomic E-state index is 0.517. The van der Waals surface area contributed by atoms with Crippen LogP contribution in [0.1, 0.15) is 13.8 Å². The fraction of sp³-hybridized carbons (Fsp3) is 1.00. The van der Waals surface area contributed by atoms with Gasteiger partial charge in [-0.15, -0.1) is 0 Å². The maximum absolute atomic E-state index is 3.37. The SMILES string of the molecule is CNCC1NCC1(C)C. The number of hydrogen-bond acceptors (Lipinski definition) is 2. The second-order valence-electron chi connectivity index (χ2n) is 3.48. The third kappa shape index (κ3) is 1.25. The highest BCUT2D eigenvalue weighted by Gasteiger charge is 2.36. The molecule has 0 aromatic rings. The molecule has 54 valence electrons. The van der Waals surface area contributed by atoms with Gasteiger partial charge in [0, 0.05) is 19.1 Å². The zero-order valence-electron chi connectivity index (χ0n) is 6.49. The molecule has 0 bridgehead atoms. The molecule has 1 heterocycles. The minimum Gasteiger partial charge on any atom is -0.318 e. The molecule has 1 unspecified atom stereocenters. The summed E-state index contributed by atoms with van der Waals surface area (Å²) in [4.78, 5) is 0. The van der Waals surface area contributed by atoms with Crippen LogP contribution in [0.15, 0.2) is 0 Å². The van der Waals surface area contributed by atoms with Crippen LogP contribution in [0.5, 0.6) is 0 Å². The van der Waals surface area contributed by atoms with Crippen LogP contribution in [0.25, 0.3) is 0 Å². The average Bonchev–Trinajstić information content (AvgIpc) is 1.81. The second kappa shape index (κ2) is 2.27. The van der Waals surface area contributed by atoms with E-state index in [1.54, 1.807) is 0 Å². The van der Waals surface area contributed by atoms with E-state index < -0.39 is 0 Å². The summed E-state index contributed by atoms with van der Waals surface area (Å²) < 4.78 is 0. The summed E-state index contributed by atoms with van der Waals surface area (Å²) in [5.41, 5.74) is 0.517. The van der Waals surface area contributed by atoms with Crippen molar-refractivity contribution >= 4 is 0 Å². The van der Waals surface area contributed by atoms with E-state index in [9.17, 15) is 0 Å². The van der Waals surface area contributed by atoms with Gasteiger partial charge in [0.05, 0.1) is 0 Å². The van der Waals surface area contributed by atoms with Gasteiger partial charge in [0.25, 0.3) is 0 Å². The highest BCUT2D eigenvalue weighted by atomic mass is 15.1. The summed E-state index contributed by atoms with van der Waals surface area (Å²) in [6.07, 6.45) is 0. The Morgan fingerprint density at radius 3 is 2.44 bits per heavy atom. The van der Waals surface area contributed by atoms with Gasteiger partial charge in [-0.25, -0.2) is 0 Å². The number of rotatable bonds is 2. The van der Waals surface area contributed by atoms with Crippen molar-refractivity contribution in [3.05, 3.63) is 0 Å². The van der Waals surface area contributed by atoms with Crippen molar-refractivity contribution in [1.82, 2.24) is 10.6 Å². The lowest BCUT2D eigenvalue weighted by molar-refractivity contribution is 0.127. The summed E-state index contributed by atoms with van der Waals surface area (Å²) >= 11 is 0. The topological polar surface area (TPSA) is 24.1 Å². The lowest BCUT2D eigenvalue weighted by Gasteiger charge is -2.45. The molecule has 1 fully saturated rings. The molecule has 2 nitrogen and oxygen atoms in total. The molecular formula is C7H16N2. The Morgan fingerprint density at radius 1 is 1.67 bits per heavy atom. The first-order valence-corrected chi connectivity index (χ1v) is 3.55. The van der Waals surface area contributed by atoms with Gasteiger partial charge >= 0.3 is 0 Å². The first-order valence-electron chi connectivity index (χ1n) is 3.55. The Balaban J connectivity index is 2.28. The molecule has 2 N–H and O–H groups in total. The molecular weight excluding hydrogens is 112 g/mol. The van der Waals surface area contributed by atoms with E-state index in [-0.39, 0.29) is 0 Å². The number of likely N-dealkylation sites (N-methyl/N-ethyl adjacent to an activating group) is 1. The first kappa shape index (κ1) is 7.03. The molecule has 1 rings (SSSR count). The second-order valence-corrected chi connectivity index (χ2v) is 3.48. The van der Waals surface area contributed by atoms with Gasteiger partial charge in [0.2, 0.25) is 0 Å². The average molecular weight is 128 g/mol. The van der Waals surface area contributed by atoms with Crippen molar-refractivity contribution in [2.24, 2.45) is 5.41 Å². The predicted molar refractivity (Wildman–Crippen MR) is 39.5 cm³/mol. The quantitative estimate of drug-likeness (QED) is 0.555. The Hall–Kier alpha value is -0.0800. The van der Waals surface area contributed by atoms with Crippen molar-refractivity contribution in [3.8, 4) is 0 Å². The largest absolute Gasteiger partial charge is 0.318 e. The van der Waals surface area contributed by atoms with E-state index >= 15 is 0 Å². The summed E-state index contributed by atoms with van der Waals surface area (Å²) in [6.45, 7) is 6.85. The van der Waals surface area contributed by atoms with Gasteiger partial charge in [0.15, 0.2) is 0 Å². The highest BCUT2D eigenvalue weighted by Crippen LogP contribution is 2.26. The van der Waals surface area contributed by atoms with E-state index in [0.717, 1.165) is 6.54 Å². The lowest BCUT2D eigenvalue weighted by atomic mass is 9.77. The maximum atomic E-state index is 3.37. The molecule has 0 aromatic heterocycles. The van der Waals surface area contributed by atoms with E-state index in [4.69, 9.17) is 0 Å². The van der Waals surface area contributed by atoms with Crippen LogP contribution in [0, 0.1) is 5.41 Å². The van der Waals surface area contributed by atoms with Crippen molar-refractivity contribution in [3.63, 3.8) is 0 Å². The van der Waals surface area contributed by atoms with Crippen LogP contribution < -0.4 is 10.6 Å². The maximum Gasteiger partial charge on any atom is 0.0255 e. The Morgan fingerprint density at radius 2 is 2.33 bits per heavy atom. The van der Waals surface area contributed by atoms with Crippen molar-refractivity contribution in [2.45, 2.75) is 19.9 Å². The van der Waals surface area contributed by atoms with Gasteiger partial charge in [-0.3, -0.25) is 0 Å². The predicted octanol–water partition coefficient (Wildman–Crippen LogP) is 0.204. The normalized spacial score (nSPS) is 31.7. The molecule has 0 aromatic carbocycles. The van der Waals surface area contributed by atoms with E-state index in [0.29, 0.717) is 11.5 Å². The molecule has 1 aliphatic rings. The summed E-state index contributed by atoms with van der Waals surface area (Å²) in [5, 5.41) is 6.54. The molecule has 1 aliphatic heterocycles. The first-order chi connectivity index (χ1) is 4.17. The molecule has 0 spiro atoms. The zero-order chi connectivity index (χ0) is 6.91. The lowest BCUT2D eigenvalue weighted by Crippen LogP contribution is -2.62. The molecule has 0 saturated carbocycles. The standard InChI is InChI=1S/C7H16N2/c1-7(2)5-9-6(7)4-8-3/h6,8-9H,4-5H2,1-3H3. The monoisotopic (exact) mass is 128 g/mol. The smallest absolute Gasteiger partial charge is 0.0255 e. The van der Waals surface area contributed by atoms with Crippen LogP contribution >= 0.6 is 0 Å². The van der Waals surface area contributed by atoms with E-state index in [1.807, 2.05) is 7.05 Å². The van der Waals surface area contributed by atoms with Crippen molar-refractivity contribution in [2.75, 3.05) is 20.1 Å². The Labute approximate surface area is 57.0 Å². The fourth-order valence-electron chi connectivity index (χ4n) is 1.21. The molecule has 0 radical (unpaired) electrons. The van der Waals surface area contributed by atoms with Gasteiger partial charge in [-0.2, -0.15) is 0 Å². The van der Waals surface area contributed by atoms with Gasteiger partial charge < -0.3 is 10.6 Å². The summed E-state index contributed by atoms with van der Waals surface area (Å²) in [6, 6.07) is 0.683. The fourth-order valence-corrected chi connectivity index (χ4v) is 1.21. The Bertz CT molecular complexity index is 99.1. The number of hydrogen-bond donors (Lipinski definition) is 2. The van der Waals surface area contributed by atoms with Crippen LogP contribution in [-0.4, -0.2) is 26.2 Å².